The van der Waals surface area contributed by atoms with Crippen LogP contribution in [0.1, 0.15) is 29.8 Å². The van der Waals surface area contributed by atoms with Crippen molar-refractivity contribution < 1.29 is 32.2 Å². The summed E-state index contributed by atoms with van der Waals surface area (Å²) in [5.41, 5.74) is 1.48. The minimum Gasteiger partial charge on any atom is -0.486 e. The number of sulfonamides is 1. The number of rotatable bonds is 8. The van der Waals surface area contributed by atoms with Gasteiger partial charge < -0.3 is 19.5 Å². The minimum absolute atomic E-state index is 0.0129. The molecule has 1 aliphatic rings. The molecule has 10 heteroatoms. The summed E-state index contributed by atoms with van der Waals surface area (Å²) in [6.45, 7) is 5.90. The zero-order valence-corrected chi connectivity index (χ0v) is 21.6. The molecule has 1 heterocycles. The van der Waals surface area contributed by atoms with E-state index in [4.69, 9.17) is 14.2 Å². The van der Waals surface area contributed by atoms with Crippen LogP contribution in [0.5, 0.6) is 11.5 Å². The van der Waals surface area contributed by atoms with Crippen LogP contribution in [-0.4, -0.2) is 46.2 Å². The Bertz CT molecular complexity index is 1410. The van der Waals surface area contributed by atoms with Gasteiger partial charge in [-0.1, -0.05) is 24.3 Å². The molecule has 0 unspecified atom stereocenters. The van der Waals surface area contributed by atoms with Gasteiger partial charge in [-0.3, -0.25) is 9.10 Å². The van der Waals surface area contributed by atoms with Gasteiger partial charge in [0.25, 0.3) is 15.9 Å². The molecule has 0 saturated heterocycles. The summed E-state index contributed by atoms with van der Waals surface area (Å²) in [6, 6.07) is 18.0. The maximum absolute atomic E-state index is 13.5. The van der Waals surface area contributed by atoms with Crippen molar-refractivity contribution in [3.8, 4) is 11.5 Å². The fourth-order valence-corrected chi connectivity index (χ4v) is 5.58. The van der Waals surface area contributed by atoms with Crippen LogP contribution < -0.4 is 19.1 Å². The Morgan fingerprint density at radius 2 is 1.70 bits per heavy atom. The third-order valence-electron chi connectivity index (χ3n) is 5.79. The number of hydrogen-bond acceptors (Lipinski definition) is 7. The summed E-state index contributed by atoms with van der Waals surface area (Å²) in [6.07, 6.45) is -1.14. The second-order valence-electron chi connectivity index (χ2n) is 8.38. The molecule has 9 nitrogen and oxygen atoms in total. The van der Waals surface area contributed by atoms with Crippen molar-refractivity contribution in [1.29, 1.82) is 0 Å². The van der Waals surface area contributed by atoms with Gasteiger partial charge >= 0.3 is 5.97 Å². The second-order valence-corrected chi connectivity index (χ2v) is 10.2. The van der Waals surface area contributed by atoms with Crippen molar-refractivity contribution in [2.45, 2.75) is 31.8 Å². The van der Waals surface area contributed by atoms with E-state index < -0.39 is 28.0 Å². The Balaban J connectivity index is 1.49. The van der Waals surface area contributed by atoms with Crippen LogP contribution in [0, 0.1) is 6.92 Å². The maximum atomic E-state index is 13.5. The standard InChI is InChI=1S/C27H28N2O7S/c1-4-29(22-8-6-5-7-9-22)37(32,33)25-16-20(11-10-18(25)2)27(31)36-19(3)26(30)28-21-12-13-23-24(17-21)35-15-14-34-23/h5-13,16-17,19H,4,14-15H2,1-3H3,(H,28,30)/t19-/m0/s1. The summed E-state index contributed by atoms with van der Waals surface area (Å²) in [5, 5.41) is 2.68. The molecular formula is C27H28N2O7S. The van der Waals surface area contributed by atoms with Gasteiger partial charge in [0.05, 0.1) is 16.1 Å². The molecule has 1 aliphatic heterocycles. The molecule has 0 fully saturated rings. The molecule has 194 valence electrons. The van der Waals surface area contributed by atoms with Gasteiger partial charge in [0.15, 0.2) is 17.6 Å². The lowest BCUT2D eigenvalue weighted by Gasteiger charge is -2.24. The van der Waals surface area contributed by atoms with E-state index in [0.29, 0.717) is 41.7 Å². The van der Waals surface area contributed by atoms with E-state index in [1.54, 1.807) is 68.4 Å². The number of nitrogens with zero attached hydrogens (tertiary/aromatic N) is 1. The first-order valence-electron chi connectivity index (χ1n) is 11.8. The van der Waals surface area contributed by atoms with E-state index in [2.05, 4.69) is 5.32 Å². The van der Waals surface area contributed by atoms with Crippen LogP contribution >= 0.6 is 0 Å². The summed E-state index contributed by atoms with van der Waals surface area (Å²) < 4.78 is 44.6. The smallest absolute Gasteiger partial charge is 0.338 e. The molecule has 0 aliphatic carbocycles. The van der Waals surface area contributed by atoms with Crippen molar-refractivity contribution in [3.63, 3.8) is 0 Å². The number of amides is 1. The van der Waals surface area contributed by atoms with Gasteiger partial charge in [0.1, 0.15) is 13.2 Å². The number of nitrogens with one attached hydrogen (secondary N) is 1. The second kappa shape index (κ2) is 10.9. The number of para-hydroxylation sites is 1. The van der Waals surface area contributed by atoms with Crippen molar-refractivity contribution >= 4 is 33.3 Å². The number of esters is 1. The SMILES string of the molecule is CCN(c1ccccc1)S(=O)(=O)c1cc(C(=O)O[C@@H](C)C(=O)Nc2ccc3c(c2)OCCO3)ccc1C. The van der Waals surface area contributed by atoms with Crippen molar-refractivity contribution in [1.82, 2.24) is 0 Å². The summed E-state index contributed by atoms with van der Waals surface area (Å²) >= 11 is 0. The Morgan fingerprint density at radius 3 is 2.41 bits per heavy atom. The van der Waals surface area contributed by atoms with Crippen LogP contribution in [0.15, 0.2) is 71.6 Å². The number of ether oxygens (including phenoxy) is 3. The number of aryl methyl sites for hydroxylation is 1. The largest absolute Gasteiger partial charge is 0.486 e. The van der Waals surface area contributed by atoms with E-state index in [-0.39, 0.29) is 17.0 Å². The van der Waals surface area contributed by atoms with E-state index >= 15 is 0 Å². The molecular weight excluding hydrogens is 496 g/mol. The molecule has 4 rings (SSSR count). The molecule has 37 heavy (non-hydrogen) atoms. The number of fused-ring (bicyclic) bond motifs is 1. The Hall–Kier alpha value is -4.05. The van der Waals surface area contributed by atoms with Crippen LogP contribution in [0.3, 0.4) is 0 Å². The lowest BCUT2D eigenvalue weighted by Crippen LogP contribution is -2.32. The first-order chi connectivity index (χ1) is 17.7. The molecule has 0 radical (unpaired) electrons. The number of hydrogen-bond donors (Lipinski definition) is 1. The monoisotopic (exact) mass is 524 g/mol. The van der Waals surface area contributed by atoms with Crippen molar-refractivity contribution in [3.05, 3.63) is 77.9 Å². The quantitative estimate of drug-likeness (QED) is 0.441. The number of carbonyl (C=O) groups excluding carboxylic acids is 2. The molecule has 3 aromatic carbocycles. The van der Waals surface area contributed by atoms with E-state index in [9.17, 15) is 18.0 Å². The lowest BCUT2D eigenvalue weighted by molar-refractivity contribution is -0.123. The van der Waals surface area contributed by atoms with Gasteiger partial charge in [-0.15, -0.1) is 0 Å². The fraction of sp³-hybridized carbons (Fsp3) is 0.259. The highest BCUT2D eigenvalue weighted by molar-refractivity contribution is 7.92. The van der Waals surface area contributed by atoms with E-state index in [0.717, 1.165) is 0 Å². The summed E-state index contributed by atoms with van der Waals surface area (Å²) in [5.74, 6) is -0.267. The van der Waals surface area contributed by atoms with Gasteiger partial charge in [-0.25, -0.2) is 13.2 Å². The molecule has 0 aromatic heterocycles. The highest BCUT2D eigenvalue weighted by atomic mass is 32.2. The van der Waals surface area contributed by atoms with Gasteiger partial charge in [0, 0.05) is 18.3 Å². The van der Waals surface area contributed by atoms with Gasteiger partial charge in [-0.2, -0.15) is 0 Å². The Morgan fingerprint density at radius 1 is 1.00 bits per heavy atom. The molecule has 1 amide bonds. The van der Waals surface area contributed by atoms with Crippen LogP contribution in [-0.2, 0) is 19.6 Å². The average Bonchev–Trinajstić information content (AvgIpc) is 2.89. The summed E-state index contributed by atoms with van der Waals surface area (Å²) in [4.78, 5) is 25.5. The normalized spacial score (nSPS) is 13.4. The predicted octanol–water partition coefficient (Wildman–Crippen LogP) is 4.17. The first kappa shape index (κ1) is 26.0. The maximum Gasteiger partial charge on any atom is 0.338 e. The van der Waals surface area contributed by atoms with Crippen molar-refractivity contribution in [2.75, 3.05) is 29.4 Å². The van der Waals surface area contributed by atoms with Crippen molar-refractivity contribution in [2.24, 2.45) is 0 Å². The van der Waals surface area contributed by atoms with Gasteiger partial charge in [-0.05, 0) is 62.7 Å². The Labute approximate surface area is 216 Å². The number of anilines is 2. The topological polar surface area (TPSA) is 111 Å². The number of carbonyl (C=O) groups is 2. The average molecular weight is 525 g/mol. The Kier molecular flexibility index (Phi) is 7.68. The lowest BCUT2D eigenvalue weighted by atomic mass is 10.1. The summed E-state index contributed by atoms with van der Waals surface area (Å²) in [7, 11) is -3.96. The van der Waals surface area contributed by atoms with Crippen LogP contribution in [0.25, 0.3) is 0 Å². The molecule has 0 spiro atoms. The zero-order valence-electron chi connectivity index (χ0n) is 20.8. The molecule has 0 bridgehead atoms. The first-order valence-corrected chi connectivity index (χ1v) is 13.2. The highest BCUT2D eigenvalue weighted by Gasteiger charge is 2.27. The minimum atomic E-state index is -3.96. The molecule has 1 atom stereocenters. The highest BCUT2D eigenvalue weighted by Crippen LogP contribution is 2.32. The van der Waals surface area contributed by atoms with E-state index in [1.165, 1.54) is 23.4 Å². The van der Waals surface area contributed by atoms with Crippen LogP contribution in [0.4, 0.5) is 11.4 Å². The third-order valence-corrected chi connectivity index (χ3v) is 7.83. The van der Waals surface area contributed by atoms with Gasteiger partial charge in [0.2, 0.25) is 0 Å². The van der Waals surface area contributed by atoms with Crippen LogP contribution in [0.2, 0.25) is 0 Å². The zero-order chi connectivity index (χ0) is 26.6. The molecule has 3 aromatic rings. The fourth-order valence-electron chi connectivity index (χ4n) is 3.86. The predicted molar refractivity (Wildman–Crippen MR) is 139 cm³/mol. The molecule has 1 N–H and O–H groups in total. The van der Waals surface area contributed by atoms with E-state index in [1.807, 2.05) is 0 Å². The third kappa shape index (κ3) is 5.69. The molecule has 0 saturated carbocycles. The number of benzene rings is 3.